The van der Waals surface area contributed by atoms with Gasteiger partial charge in [0.25, 0.3) is 0 Å². The summed E-state index contributed by atoms with van der Waals surface area (Å²) in [5, 5.41) is 25.7. The highest BCUT2D eigenvalue weighted by atomic mass is 15.2. The topological polar surface area (TPSA) is 160 Å². The molecule has 0 bridgehead atoms. The number of nitrogens with zero attached hydrogens (tertiary/aromatic N) is 1. The zero-order valence-corrected chi connectivity index (χ0v) is 15.6. The standard InChI is InChI=1S/C17H29N9/c1-4-13(2)14(25-16(20)22-3)23-11-9-7-5-6-8-10-12-24-17(21)26-15(18)19/h23H,4,9-12H2,1-3H3,(H3,20,22,25)(H6,18,19,21,24,26)/b14-13+. The summed E-state index contributed by atoms with van der Waals surface area (Å²) in [6, 6.07) is 0. The van der Waals surface area contributed by atoms with Gasteiger partial charge in [-0.05, 0) is 30.8 Å². The Hall–Kier alpha value is -3.33. The van der Waals surface area contributed by atoms with E-state index < -0.39 is 0 Å². The van der Waals surface area contributed by atoms with E-state index in [4.69, 9.17) is 22.3 Å². The predicted molar refractivity (Wildman–Crippen MR) is 107 cm³/mol. The molecular formula is C17H29N9. The summed E-state index contributed by atoms with van der Waals surface area (Å²) in [6.45, 7) is 5.24. The number of aliphatic imine (C=N–C) groups is 1. The first-order valence-electron chi connectivity index (χ1n) is 8.22. The minimum Gasteiger partial charge on any atom is -0.371 e. The van der Waals surface area contributed by atoms with Gasteiger partial charge in [0.15, 0.2) is 17.9 Å². The smallest absolute Gasteiger partial charge is 0.195 e. The molecule has 0 heterocycles. The number of nitrogens with one attached hydrogen (secondary N) is 6. The highest BCUT2D eigenvalue weighted by Crippen LogP contribution is 2.02. The van der Waals surface area contributed by atoms with E-state index in [9.17, 15) is 0 Å². The summed E-state index contributed by atoms with van der Waals surface area (Å²) < 4.78 is 0. The number of allylic oxidation sites excluding steroid dienone is 1. The Morgan fingerprint density at radius 2 is 1.58 bits per heavy atom. The Bertz CT molecular complexity index is 653. The van der Waals surface area contributed by atoms with Gasteiger partial charge < -0.3 is 27.4 Å². The highest BCUT2D eigenvalue weighted by Gasteiger charge is 2.01. The first-order valence-corrected chi connectivity index (χ1v) is 8.22. The van der Waals surface area contributed by atoms with Crippen LogP contribution in [0.5, 0.6) is 0 Å². The van der Waals surface area contributed by atoms with E-state index in [1.54, 1.807) is 7.05 Å². The maximum Gasteiger partial charge on any atom is 0.195 e. The second-order valence-electron chi connectivity index (χ2n) is 5.11. The van der Waals surface area contributed by atoms with E-state index in [-0.39, 0.29) is 11.9 Å². The number of rotatable bonds is 7. The summed E-state index contributed by atoms with van der Waals surface area (Å²) >= 11 is 0. The Morgan fingerprint density at radius 3 is 2.08 bits per heavy atom. The van der Waals surface area contributed by atoms with Crippen LogP contribution in [0.25, 0.3) is 0 Å². The summed E-state index contributed by atoms with van der Waals surface area (Å²) in [4.78, 5) is 3.89. The van der Waals surface area contributed by atoms with Crippen molar-refractivity contribution in [2.75, 3.05) is 20.1 Å². The van der Waals surface area contributed by atoms with Crippen molar-refractivity contribution in [2.24, 2.45) is 16.5 Å². The molecular weight excluding hydrogens is 330 g/mol. The van der Waals surface area contributed by atoms with E-state index in [1.807, 2.05) is 6.92 Å². The molecule has 9 heteroatoms. The fourth-order valence-electron chi connectivity index (χ4n) is 1.55. The van der Waals surface area contributed by atoms with Crippen LogP contribution in [-0.4, -0.2) is 38.0 Å². The molecule has 0 rings (SSSR count). The van der Waals surface area contributed by atoms with Crippen LogP contribution in [0.3, 0.4) is 0 Å². The Balaban J connectivity index is 4.12. The van der Waals surface area contributed by atoms with Gasteiger partial charge in [0, 0.05) is 33.0 Å². The second-order valence-corrected chi connectivity index (χ2v) is 5.11. The molecule has 26 heavy (non-hydrogen) atoms. The van der Waals surface area contributed by atoms with Crippen molar-refractivity contribution in [2.45, 2.75) is 33.1 Å². The number of guanidine groups is 3. The van der Waals surface area contributed by atoms with E-state index >= 15 is 0 Å². The molecule has 0 spiro atoms. The molecule has 0 aliphatic carbocycles. The van der Waals surface area contributed by atoms with E-state index in [1.165, 1.54) is 0 Å². The van der Waals surface area contributed by atoms with E-state index in [0.29, 0.717) is 31.9 Å². The fraction of sp³-hybridized carbons (Fsp3) is 0.471. The van der Waals surface area contributed by atoms with Gasteiger partial charge in [-0.25, -0.2) is 0 Å². The highest BCUT2D eigenvalue weighted by molar-refractivity contribution is 5.94. The maximum atomic E-state index is 7.39. The summed E-state index contributed by atoms with van der Waals surface area (Å²) in [5.41, 5.74) is 12.0. The average molecular weight is 359 g/mol. The van der Waals surface area contributed by atoms with Crippen molar-refractivity contribution in [1.29, 1.82) is 10.8 Å². The van der Waals surface area contributed by atoms with Crippen molar-refractivity contribution in [3.05, 3.63) is 11.4 Å². The Labute approximate surface area is 155 Å². The summed E-state index contributed by atoms with van der Waals surface area (Å²) in [6.07, 6.45) is 2.08. The van der Waals surface area contributed by atoms with E-state index in [2.05, 4.69) is 56.9 Å². The molecule has 0 amide bonds. The van der Waals surface area contributed by atoms with Gasteiger partial charge in [0.2, 0.25) is 0 Å². The van der Waals surface area contributed by atoms with Crippen LogP contribution >= 0.6 is 0 Å². The van der Waals surface area contributed by atoms with Crippen molar-refractivity contribution >= 4 is 17.9 Å². The van der Waals surface area contributed by atoms with Crippen LogP contribution in [-0.2, 0) is 0 Å². The molecule has 0 saturated heterocycles. The molecule has 0 aromatic rings. The minimum atomic E-state index is -0.278. The van der Waals surface area contributed by atoms with E-state index in [0.717, 1.165) is 17.8 Å². The van der Waals surface area contributed by atoms with Gasteiger partial charge >= 0.3 is 0 Å². The van der Waals surface area contributed by atoms with Crippen LogP contribution in [0.15, 0.2) is 16.4 Å². The molecule has 142 valence electrons. The molecule has 10 N–H and O–H groups in total. The third-order valence-electron chi connectivity index (χ3n) is 3.05. The molecule has 0 aromatic heterocycles. The molecule has 0 atom stereocenters. The van der Waals surface area contributed by atoms with Gasteiger partial charge in [-0.3, -0.25) is 21.1 Å². The van der Waals surface area contributed by atoms with Crippen LogP contribution in [0.2, 0.25) is 0 Å². The van der Waals surface area contributed by atoms with Crippen molar-refractivity contribution < 1.29 is 0 Å². The molecule has 9 nitrogen and oxygen atoms in total. The zero-order chi connectivity index (χ0) is 19.8. The van der Waals surface area contributed by atoms with Crippen LogP contribution in [0.1, 0.15) is 33.1 Å². The van der Waals surface area contributed by atoms with Crippen molar-refractivity contribution in [3.63, 3.8) is 0 Å². The van der Waals surface area contributed by atoms with Crippen LogP contribution in [0.4, 0.5) is 0 Å². The quantitative estimate of drug-likeness (QED) is 0.133. The van der Waals surface area contributed by atoms with Gasteiger partial charge in [0.05, 0.1) is 0 Å². The van der Waals surface area contributed by atoms with Gasteiger partial charge in [-0.2, -0.15) is 0 Å². The molecule has 0 unspecified atom stereocenters. The minimum absolute atomic E-state index is 0.0231. The molecule has 0 radical (unpaired) electrons. The molecule has 0 aromatic carbocycles. The lowest BCUT2D eigenvalue weighted by Gasteiger charge is -2.15. The Morgan fingerprint density at radius 1 is 1.00 bits per heavy atom. The lowest BCUT2D eigenvalue weighted by molar-refractivity contribution is 0.745. The van der Waals surface area contributed by atoms with Gasteiger partial charge in [0.1, 0.15) is 5.82 Å². The second kappa shape index (κ2) is 14.1. The first kappa shape index (κ1) is 22.7. The van der Waals surface area contributed by atoms with Crippen molar-refractivity contribution in [3.8, 4) is 23.7 Å². The third kappa shape index (κ3) is 12.1. The summed E-state index contributed by atoms with van der Waals surface area (Å²) in [7, 11) is 1.63. The average Bonchev–Trinajstić information content (AvgIpc) is 2.60. The molecule has 0 fully saturated rings. The molecule has 0 aliphatic rings. The molecule has 0 saturated carbocycles. The third-order valence-corrected chi connectivity index (χ3v) is 3.05. The lowest BCUT2D eigenvalue weighted by atomic mass is 10.2. The largest absolute Gasteiger partial charge is 0.371 e. The fourth-order valence-corrected chi connectivity index (χ4v) is 1.55. The normalized spacial score (nSPS) is 11.0. The SMILES string of the molecule is CC/C(C)=C(\NCCC#CC#CCCNC(=N)NC(=N)N)N/C(N)=N/C. The van der Waals surface area contributed by atoms with Crippen LogP contribution < -0.4 is 32.7 Å². The number of nitrogens with two attached hydrogens (primary N) is 2. The first-order chi connectivity index (χ1) is 12.4. The number of hydrogen-bond acceptors (Lipinski definition) is 4. The summed E-state index contributed by atoms with van der Waals surface area (Å²) in [5.74, 6) is 12.3. The van der Waals surface area contributed by atoms with Crippen molar-refractivity contribution in [1.82, 2.24) is 21.3 Å². The van der Waals surface area contributed by atoms with Gasteiger partial charge in [-0.1, -0.05) is 18.8 Å². The lowest BCUT2D eigenvalue weighted by Crippen LogP contribution is -2.43. The zero-order valence-electron chi connectivity index (χ0n) is 15.6. The molecule has 0 aliphatic heterocycles. The van der Waals surface area contributed by atoms with Gasteiger partial charge in [-0.15, -0.1) is 0 Å². The number of hydrogen-bond donors (Lipinski definition) is 8. The monoisotopic (exact) mass is 359 g/mol. The Kier molecular flexibility index (Phi) is 12.3. The van der Waals surface area contributed by atoms with Crippen LogP contribution in [0, 0.1) is 34.5 Å². The predicted octanol–water partition coefficient (Wildman–Crippen LogP) is -0.454. The maximum absolute atomic E-state index is 7.39.